The minimum Gasteiger partial charge on any atom is -0.464 e. The van der Waals surface area contributed by atoms with Crippen LogP contribution in [0.2, 0.25) is 0 Å². The van der Waals surface area contributed by atoms with E-state index in [0.29, 0.717) is 19.4 Å². The molecule has 0 bridgehead atoms. The summed E-state index contributed by atoms with van der Waals surface area (Å²) in [5, 5.41) is 15.6. The molecule has 0 saturated carbocycles. The zero-order chi connectivity index (χ0) is 10.4. The van der Waals surface area contributed by atoms with Crippen molar-refractivity contribution in [1.29, 1.82) is 5.26 Å². The van der Waals surface area contributed by atoms with Crippen molar-refractivity contribution in [2.45, 2.75) is 19.4 Å². The maximum absolute atomic E-state index is 11.0. The molecule has 1 heterocycles. The zero-order valence-electron chi connectivity index (χ0n) is 7.80. The normalized spacial score (nSPS) is 9.43. The largest absolute Gasteiger partial charge is 0.464 e. The molecule has 0 spiro atoms. The minimum absolute atomic E-state index is 0.185. The highest BCUT2D eigenvalue weighted by molar-refractivity contribution is 5.86. The van der Waals surface area contributed by atoms with Crippen molar-refractivity contribution >= 4 is 5.97 Å². The average molecular weight is 194 g/mol. The van der Waals surface area contributed by atoms with Crippen molar-refractivity contribution in [3.63, 3.8) is 0 Å². The van der Waals surface area contributed by atoms with Crippen LogP contribution in [0.25, 0.3) is 0 Å². The van der Waals surface area contributed by atoms with Crippen LogP contribution in [0.5, 0.6) is 0 Å². The van der Waals surface area contributed by atoms with Gasteiger partial charge < -0.3 is 4.74 Å². The quantitative estimate of drug-likeness (QED) is 0.511. The monoisotopic (exact) mass is 194 g/mol. The Kier molecular flexibility index (Phi) is 3.61. The lowest BCUT2D eigenvalue weighted by atomic mass is 10.3. The number of esters is 1. The van der Waals surface area contributed by atoms with Crippen LogP contribution in [-0.2, 0) is 11.3 Å². The first-order valence-corrected chi connectivity index (χ1v) is 4.13. The molecule has 0 fully saturated rings. The van der Waals surface area contributed by atoms with Gasteiger partial charge in [-0.2, -0.15) is 5.26 Å². The van der Waals surface area contributed by atoms with Crippen molar-refractivity contribution in [3.05, 3.63) is 11.9 Å². The molecule has 1 rings (SSSR count). The number of hydrogen-bond donors (Lipinski definition) is 0. The fraction of sp³-hybridized carbons (Fsp3) is 0.500. The van der Waals surface area contributed by atoms with Crippen LogP contribution in [-0.4, -0.2) is 28.1 Å². The van der Waals surface area contributed by atoms with Gasteiger partial charge in [0.2, 0.25) is 0 Å². The number of unbranched alkanes of at least 4 members (excludes halogenated alkanes) is 1. The molecule has 6 heteroatoms. The molecule has 1 aromatic rings. The maximum atomic E-state index is 11.0. The predicted molar refractivity (Wildman–Crippen MR) is 46.2 cm³/mol. The second-order valence-corrected chi connectivity index (χ2v) is 2.62. The number of carbonyl (C=O) groups is 1. The third-order valence-electron chi connectivity index (χ3n) is 1.61. The van der Waals surface area contributed by atoms with E-state index in [9.17, 15) is 4.79 Å². The Morgan fingerprint density at radius 1 is 1.79 bits per heavy atom. The Hall–Kier alpha value is -1.90. The number of nitriles is 1. The van der Waals surface area contributed by atoms with E-state index in [1.165, 1.54) is 18.0 Å². The van der Waals surface area contributed by atoms with Crippen LogP contribution in [0.15, 0.2) is 6.20 Å². The molecular formula is C8H10N4O2. The standard InChI is InChI=1S/C8H10N4O2/c1-14-8(13)7-6-12(11-10-7)5-3-2-4-9/h6H,2-3,5H2,1H3. The van der Waals surface area contributed by atoms with Gasteiger partial charge in [0, 0.05) is 13.0 Å². The Labute approximate surface area is 81.1 Å². The summed E-state index contributed by atoms with van der Waals surface area (Å²) >= 11 is 0. The maximum Gasteiger partial charge on any atom is 0.360 e. The lowest BCUT2D eigenvalue weighted by Crippen LogP contribution is -2.01. The molecule has 0 unspecified atom stereocenters. The van der Waals surface area contributed by atoms with E-state index in [2.05, 4.69) is 15.0 Å². The third kappa shape index (κ3) is 2.55. The fourth-order valence-corrected chi connectivity index (χ4v) is 0.926. The summed E-state index contributed by atoms with van der Waals surface area (Å²) in [6, 6.07) is 2.03. The van der Waals surface area contributed by atoms with Gasteiger partial charge in [-0.05, 0) is 6.42 Å². The molecular weight excluding hydrogens is 184 g/mol. The van der Waals surface area contributed by atoms with Crippen molar-refractivity contribution in [3.8, 4) is 6.07 Å². The molecule has 0 aliphatic heterocycles. The molecule has 0 amide bonds. The lowest BCUT2D eigenvalue weighted by molar-refractivity contribution is 0.0594. The van der Waals surface area contributed by atoms with Gasteiger partial charge in [0.1, 0.15) is 0 Å². The minimum atomic E-state index is -0.503. The van der Waals surface area contributed by atoms with E-state index in [-0.39, 0.29) is 5.69 Å². The van der Waals surface area contributed by atoms with Crippen LogP contribution < -0.4 is 0 Å². The molecule has 0 atom stereocenters. The van der Waals surface area contributed by atoms with Crippen molar-refractivity contribution < 1.29 is 9.53 Å². The summed E-state index contributed by atoms with van der Waals surface area (Å²) in [5.41, 5.74) is 0.185. The van der Waals surface area contributed by atoms with Gasteiger partial charge >= 0.3 is 5.97 Å². The van der Waals surface area contributed by atoms with Crippen LogP contribution in [0.4, 0.5) is 0 Å². The first-order chi connectivity index (χ1) is 6.77. The molecule has 0 aliphatic carbocycles. The van der Waals surface area contributed by atoms with Crippen LogP contribution in [0.3, 0.4) is 0 Å². The van der Waals surface area contributed by atoms with Crippen LogP contribution in [0.1, 0.15) is 23.3 Å². The number of ether oxygens (including phenoxy) is 1. The lowest BCUT2D eigenvalue weighted by Gasteiger charge is -1.94. The molecule has 0 aromatic carbocycles. The number of hydrogen-bond acceptors (Lipinski definition) is 5. The van der Waals surface area contributed by atoms with Crippen molar-refractivity contribution in [2.24, 2.45) is 0 Å². The zero-order valence-corrected chi connectivity index (χ0v) is 7.80. The van der Waals surface area contributed by atoms with E-state index >= 15 is 0 Å². The molecule has 0 radical (unpaired) electrons. The Bertz CT molecular complexity index is 352. The molecule has 0 N–H and O–H groups in total. The van der Waals surface area contributed by atoms with Gasteiger partial charge in [-0.3, -0.25) is 4.68 Å². The fourth-order valence-electron chi connectivity index (χ4n) is 0.926. The first-order valence-electron chi connectivity index (χ1n) is 4.13. The number of rotatable bonds is 4. The molecule has 6 nitrogen and oxygen atoms in total. The number of methoxy groups -OCH3 is 1. The SMILES string of the molecule is COC(=O)c1cn(CCCC#N)nn1. The smallest absolute Gasteiger partial charge is 0.360 e. The van der Waals surface area contributed by atoms with Gasteiger partial charge in [-0.25, -0.2) is 4.79 Å². The number of aromatic nitrogens is 3. The van der Waals surface area contributed by atoms with Crippen LogP contribution in [0, 0.1) is 11.3 Å². The topological polar surface area (TPSA) is 80.8 Å². The molecule has 74 valence electrons. The molecule has 1 aromatic heterocycles. The average Bonchev–Trinajstić information content (AvgIpc) is 2.66. The van der Waals surface area contributed by atoms with E-state index in [4.69, 9.17) is 5.26 Å². The van der Waals surface area contributed by atoms with E-state index in [0.717, 1.165) is 0 Å². The number of aryl methyl sites for hydroxylation is 1. The summed E-state index contributed by atoms with van der Waals surface area (Å²) in [6.07, 6.45) is 2.66. The van der Waals surface area contributed by atoms with Crippen molar-refractivity contribution in [1.82, 2.24) is 15.0 Å². The highest BCUT2D eigenvalue weighted by Gasteiger charge is 2.09. The molecule has 14 heavy (non-hydrogen) atoms. The summed E-state index contributed by atoms with van der Waals surface area (Å²) in [6.45, 7) is 0.581. The first kappa shape index (κ1) is 10.2. The van der Waals surface area contributed by atoms with Gasteiger partial charge in [0.25, 0.3) is 0 Å². The van der Waals surface area contributed by atoms with E-state index in [1.54, 1.807) is 0 Å². The highest BCUT2D eigenvalue weighted by Crippen LogP contribution is 1.97. The number of nitrogens with zero attached hydrogens (tertiary/aromatic N) is 4. The Morgan fingerprint density at radius 3 is 3.21 bits per heavy atom. The van der Waals surface area contributed by atoms with Gasteiger partial charge in [0.05, 0.1) is 19.4 Å². The summed E-state index contributed by atoms with van der Waals surface area (Å²) in [5.74, 6) is -0.503. The summed E-state index contributed by atoms with van der Waals surface area (Å²) in [7, 11) is 1.29. The number of carbonyl (C=O) groups excluding carboxylic acids is 1. The van der Waals surface area contributed by atoms with E-state index < -0.39 is 5.97 Å². The summed E-state index contributed by atoms with van der Waals surface area (Å²) in [4.78, 5) is 11.0. The molecule has 0 saturated heterocycles. The Balaban J connectivity index is 2.51. The predicted octanol–water partition coefficient (Wildman–Crippen LogP) is 0.368. The van der Waals surface area contributed by atoms with Crippen molar-refractivity contribution in [2.75, 3.05) is 7.11 Å². The summed E-state index contributed by atoms with van der Waals surface area (Å²) < 4.78 is 5.99. The third-order valence-corrected chi connectivity index (χ3v) is 1.61. The van der Waals surface area contributed by atoms with Gasteiger partial charge in [-0.1, -0.05) is 5.21 Å². The van der Waals surface area contributed by atoms with Gasteiger partial charge in [0.15, 0.2) is 5.69 Å². The second kappa shape index (κ2) is 4.97. The Morgan fingerprint density at radius 2 is 2.57 bits per heavy atom. The highest BCUT2D eigenvalue weighted by atomic mass is 16.5. The molecule has 0 aliphatic rings. The van der Waals surface area contributed by atoms with Crippen LogP contribution >= 0.6 is 0 Å². The second-order valence-electron chi connectivity index (χ2n) is 2.62. The van der Waals surface area contributed by atoms with Gasteiger partial charge in [-0.15, -0.1) is 5.10 Å². The van der Waals surface area contributed by atoms with E-state index in [1.807, 2.05) is 6.07 Å².